The molecule has 9 nitrogen and oxygen atoms in total. The third-order valence-electron chi connectivity index (χ3n) is 7.96. The average Bonchev–Trinajstić information content (AvgIpc) is 3.27. The number of nitrogens with zero attached hydrogens (tertiary/aromatic N) is 4. The molecule has 12 heteroatoms. The normalized spacial score (nSPS) is 20.9. The lowest BCUT2D eigenvalue weighted by Crippen LogP contribution is -2.55. The highest BCUT2D eigenvalue weighted by molar-refractivity contribution is 6.20. The van der Waals surface area contributed by atoms with E-state index in [1.165, 1.54) is 11.0 Å². The third kappa shape index (κ3) is 5.52. The van der Waals surface area contributed by atoms with Crippen molar-refractivity contribution in [3.05, 3.63) is 100 Å². The Balaban J connectivity index is 1.28. The first-order valence-corrected chi connectivity index (χ1v) is 14.0. The van der Waals surface area contributed by atoms with Gasteiger partial charge in [-0.3, -0.25) is 14.3 Å². The molecule has 3 aromatic carbocycles. The number of imidazole rings is 1. The smallest absolute Gasteiger partial charge is 0.324 e. The summed E-state index contributed by atoms with van der Waals surface area (Å²) in [5.41, 5.74) is 2.57. The molecule has 1 saturated heterocycles. The zero-order chi connectivity index (χ0) is 30.3. The van der Waals surface area contributed by atoms with Crippen molar-refractivity contribution >= 4 is 34.4 Å². The number of alkyl halides is 3. The number of rotatable bonds is 4. The quantitative estimate of drug-likeness (QED) is 0.360. The number of fused-ring (bicyclic) bond motifs is 2. The molecule has 4 aromatic rings. The second kappa shape index (κ2) is 11.1. The minimum atomic E-state index is -4.69. The van der Waals surface area contributed by atoms with Crippen molar-refractivity contribution in [3.63, 3.8) is 0 Å². The van der Waals surface area contributed by atoms with Crippen LogP contribution in [0, 0.1) is 5.92 Å². The maximum Gasteiger partial charge on any atom is 0.406 e. The highest BCUT2D eigenvalue weighted by Crippen LogP contribution is 2.32. The number of hydrogen-bond donors (Lipinski definition) is 2. The zero-order valence-electron chi connectivity index (χ0n) is 23.2. The predicted molar refractivity (Wildman–Crippen MR) is 156 cm³/mol. The number of carbonyl (C=O) groups excluding carboxylic acids is 2. The first-order valence-electron chi connectivity index (χ1n) is 14.0. The van der Waals surface area contributed by atoms with Gasteiger partial charge in [0.2, 0.25) is 6.17 Å². The number of likely N-dealkylation sites (tertiary alicyclic amines) is 1. The molecule has 0 radical (unpaired) electrons. The highest BCUT2D eigenvalue weighted by Gasteiger charge is 2.41. The molecule has 2 unspecified atom stereocenters. The van der Waals surface area contributed by atoms with Crippen molar-refractivity contribution in [3.8, 4) is 0 Å². The SMILES string of the molecule is CC1CN(C(=O)N[C@@H]2N=C(c3ccccc3)c3ccccc3N(CC(F)(F)F)C2=O)CCC1n1c(=O)[nH]c2ccccc21. The van der Waals surface area contributed by atoms with E-state index in [-0.39, 0.29) is 36.4 Å². The van der Waals surface area contributed by atoms with Gasteiger partial charge in [-0.05, 0) is 30.5 Å². The van der Waals surface area contributed by atoms with E-state index >= 15 is 0 Å². The molecule has 3 amide bonds. The number of aliphatic imine (C=N–C) groups is 1. The van der Waals surface area contributed by atoms with Gasteiger partial charge in [0.05, 0.1) is 22.4 Å². The van der Waals surface area contributed by atoms with Crippen LogP contribution in [0.4, 0.5) is 23.7 Å². The van der Waals surface area contributed by atoms with Crippen LogP contribution >= 0.6 is 0 Å². The van der Waals surface area contributed by atoms with Crippen LogP contribution in [0.25, 0.3) is 11.0 Å². The van der Waals surface area contributed by atoms with Gasteiger partial charge in [0, 0.05) is 30.3 Å². The fourth-order valence-electron chi connectivity index (χ4n) is 6.00. The molecule has 0 bridgehead atoms. The van der Waals surface area contributed by atoms with Gasteiger partial charge in [0.15, 0.2) is 0 Å². The molecular weight excluding hydrogens is 561 g/mol. The summed E-state index contributed by atoms with van der Waals surface area (Å²) >= 11 is 0. The van der Waals surface area contributed by atoms with Gasteiger partial charge in [-0.2, -0.15) is 13.2 Å². The lowest BCUT2D eigenvalue weighted by Gasteiger charge is -2.37. The van der Waals surface area contributed by atoms with E-state index < -0.39 is 30.8 Å². The number of halogens is 3. The number of hydrogen-bond acceptors (Lipinski definition) is 4. The fourth-order valence-corrected chi connectivity index (χ4v) is 6.00. The molecular formula is C31H29F3N6O3. The van der Waals surface area contributed by atoms with Crippen LogP contribution in [-0.2, 0) is 4.79 Å². The molecule has 43 heavy (non-hydrogen) atoms. The number of para-hydroxylation sites is 3. The number of urea groups is 1. The third-order valence-corrected chi connectivity index (χ3v) is 7.96. The maximum atomic E-state index is 13.7. The lowest BCUT2D eigenvalue weighted by molar-refractivity contribution is -0.133. The number of aromatic nitrogens is 2. The number of nitrogens with one attached hydrogen (secondary N) is 2. The van der Waals surface area contributed by atoms with Crippen molar-refractivity contribution in [2.45, 2.75) is 31.7 Å². The van der Waals surface area contributed by atoms with Crippen molar-refractivity contribution in [2.24, 2.45) is 10.9 Å². The molecule has 222 valence electrons. The van der Waals surface area contributed by atoms with E-state index in [0.717, 1.165) is 11.0 Å². The van der Waals surface area contributed by atoms with Gasteiger partial charge in [-0.25, -0.2) is 14.6 Å². The molecule has 1 aromatic heterocycles. The minimum absolute atomic E-state index is 0.0581. The van der Waals surface area contributed by atoms with Crippen LogP contribution in [0.15, 0.2) is 88.6 Å². The Hall–Kier alpha value is -4.87. The molecule has 2 aliphatic rings. The van der Waals surface area contributed by atoms with E-state index in [4.69, 9.17) is 0 Å². The minimum Gasteiger partial charge on any atom is -0.324 e. The topological polar surface area (TPSA) is 103 Å². The Labute approximate surface area is 244 Å². The first-order chi connectivity index (χ1) is 20.6. The van der Waals surface area contributed by atoms with Crippen LogP contribution in [0.5, 0.6) is 0 Å². The Morgan fingerprint density at radius 1 is 1.00 bits per heavy atom. The Morgan fingerprint density at radius 2 is 1.70 bits per heavy atom. The monoisotopic (exact) mass is 590 g/mol. The van der Waals surface area contributed by atoms with Crippen molar-refractivity contribution in [1.82, 2.24) is 19.8 Å². The summed E-state index contributed by atoms with van der Waals surface area (Å²) in [7, 11) is 0. The molecule has 0 spiro atoms. The number of aromatic amines is 1. The van der Waals surface area contributed by atoms with E-state index in [2.05, 4.69) is 15.3 Å². The molecule has 3 atom stereocenters. The van der Waals surface area contributed by atoms with E-state index in [1.807, 2.05) is 31.2 Å². The predicted octanol–water partition coefficient (Wildman–Crippen LogP) is 4.69. The van der Waals surface area contributed by atoms with E-state index in [0.29, 0.717) is 28.2 Å². The second-order valence-electron chi connectivity index (χ2n) is 10.8. The molecule has 0 aliphatic carbocycles. The standard InChI is InChI=1S/C31H29F3N6O3/c1-19-17-38(16-15-23(19)40-25-14-8-6-12-22(25)35-30(40)43)29(42)37-27-28(41)39(18-31(32,33)34)24-13-7-5-11-21(24)26(36-27)20-9-3-2-4-10-20/h2-14,19,23,27H,15-18H2,1H3,(H,35,43)(H,37,42)/t19?,23?,27-/m0/s1. The van der Waals surface area contributed by atoms with Crippen LogP contribution in [-0.4, -0.2) is 64.1 Å². The average molecular weight is 591 g/mol. The van der Waals surface area contributed by atoms with E-state index in [9.17, 15) is 27.6 Å². The largest absolute Gasteiger partial charge is 0.406 e. The van der Waals surface area contributed by atoms with Crippen molar-refractivity contribution in [2.75, 3.05) is 24.5 Å². The Kier molecular flexibility index (Phi) is 7.28. The summed E-state index contributed by atoms with van der Waals surface area (Å²) in [5, 5.41) is 2.61. The molecule has 2 N–H and O–H groups in total. The number of benzene rings is 3. The number of amides is 3. The second-order valence-corrected chi connectivity index (χ2v) is 10.8. The summed E-state index contributed by atoms with van der Waals surface area (Å²) in [4.78, 5) is 49.5. The van der Waals surface area contributed by atoms with Crippen LogP contribution in [0.2, 0.25) is 0 Å². The summed E-state index contributed by atoms with van der Waals surface area (Å²) < 4.78 is 42.8. The van der Waals surface area contributed by atoms with Crippen LogP contribution in [0.3, 0.4) is 0 Å². The van der Waals surface area contributed by atoms with Gasteiger partial charge in [0.1, 0.15) is 6.54 Å². The summed E-state index contributed by atoms with van der Waals surface area (Å²) in [6.45, 7) is 0.942. The first kappa shape index (κ1) is 28.3. The number of H-pyrrole nitrogens is 1. The summed E-state index contributed by atoms with van der Waals surface area (Å²) in [5.74, 6) is -1.12. The van der Waals surface area contributed by atoms with Crippen LogP contribution < -0.4 is 15.9 Å². The number of carbonyl (C=O) groups is 2. The number of benzodiazepines with no additional fused rings is 1. The Bertz CT molecular complexity index is 1760. The maximum absolute atomic E-state index is 13.7. The van der Waals surface area contributed by atoms with Gasteiger partial charge in [-0.1, -0.05) is 67.6 Å². The van der Waals surface area contributed by atoms with Crippen molar-refractivity contribution in [1.29, 1.82) is 0 Å². The fraction of sp³-hybridized carbons (Fsp3) is 0.290. The zero-order valence-corrected chi connectivity index (χ0v) is 23.2. The van der Waals surface area contributed by atoms with Gasteiger partial charge in [-0.15, -0.1) is 0 Å². The van der Waals surface area contributed by atoms with Gasteiger partial charge in [0.25, 0.3) is 5.91 Å². The molecule has 1 fully saturated rings. The summed E-state index contributed by atoms with van der Waals surface area (Å²) in [6, 6.07) is 21.7. The van der Waals surface area contributed by atoms with Crippen molar-refractivity contribution < 1.29 is 22.8 Å². The van der Waals surface area contributed by atoms with Gasteiger partial charge < -0.3 is 15.2 Å². The Morgan fingerprint density at radius 3 is 2.44 bits per heavy atom. The van der Waals surface area contributed by atoms with Gasteiger partial charge >= 0.3 is 17.9 Å². The number of piperidine rings is 1. The molecule has 6 rings (SSSR count). The number of anilines is 1. The lowest BCUT2D eigenvalue weighted by atomic mass is 9.93. The van der Waals surface area contributed by atoms with E-state index in [1.54, 1.807) is 53.1 Å². The molecule has 0 saturated carbocycles. The highest BCUT2D eigenvalue weighted by atomic mass is 19.4. The van der Waals surface area contributed by atoms with Crippen LogP contribution in [0.1, 0.15) is 30.5 Å². The summed E-state index contributed by atoms with van der Waals surface area (Å²) in [6.07, 6.45) is -5.81. The molecule has 3 heterocycles. The molecule has 2 aliphatic heterocycles.